The third-order valence-electron chi connectivity index (χ3n) is 11.3. The highest BCUT2D eigenvalue weighted by Crippen LogP contribution is 2.32. The number of benzene rings is 1. The van der Waals surface area contributed by atoms with Crippen LogP contribution >= 0.6 is 0 Å². The molecule has 0 aliphatic heterocycles. The lowest BCUT2D eigenvalue weighted by atomic mass is 9.79. The summed E-state index contributed by atoms with van der Waals surface area (Å²) in [5, 5.41) is 12.6. The maximum atomic E-state index is 13.9. The molecule has 0 aromatic heterocycles. The van der Waals surface area contributed by atoms with E-state index in [1.807, 2.05) is 51.1 Å². The molecule has 0 bridgehead atoms. The standard InChI is InChI=1S/C40H60N4O7/c1-40(2,3)51-39(49)44-33-23-13-9-19-29(33)37(47)42-31-21-11-7-17-27(31)35(45)41-32-22-12-8-18-28(32)36(46)43-34-24-14-10-20-30(34)38(48)50-25-26-15-5-4-6-16-26/h4-6,15-16,27-34H,7-14,17-25H2,1-3H3,(H,41,45)(H,42,47)(H,43,46)(H,44,49)/t27-,28-,29-,30-,31-,32-,33-,34-/m1/s1. The summed E-state index contributed by atoms with van der Waals surface area (Å²) in [6, 6.07) is 8.37. The van der Waals surface area contributed by atoms with E-state index in [1.165, 1.54) is 0 Å². The Hall–Kier alpha value is -3.63. The quantitative estimate of drug-likeness (QED) is 0.223. The smallest absolute Gasteiger partial charge is 0.407 e. The molecular formula is C40H60N4O7. The number of carbonyl (C=O) groups excluding carboxylic acids is 5. The molecule has 4 fully saturated rings. The van der Waals surface area contributed by atoms with Gasteiger partial charge in [-0.15, -0.1) is 0 Å². The van der Waals surface area contributed by atoms with Crippen molar-refractivity contribution in [3.05, 3.63) is 35.9 Å². The summed E-state index contributed by atoms with van der Waals surface area (Å²) in [6.45, 7) is 5.65. The first-order valence-electron chi connectivity index (χ1n) is 19.6. The Kier molecular flexibility index (Phi) is 13.8. The van der Waals surface area contributed by atoms with E-state index in [9.17, 15) is 24.0 Å². The largest absolute Gasteiger partial charge is 0.461 e. The number of alkyl carbamates (subject to hydrolysis) is 1. The average molecular weight is 709 g/mol. The fraction of sp³-hybridized carbons (Fsp3) is 0.725. The molecule has 11 nitrogen and oxygen atoms in total. The maximum absolute atomic E-state index is 13.9. The van der Waals surface area contributed by atoms with Crippen LogP contribution in [0.25, 0.3) is 0 Å². The van der Waals surface area contributed by atoms with Gasteiger partial charge in [-0.05, 0) is 77.7 Å². The second kappa shape index (κ2) is 18.2. The van der Waals surface area contributed by atoms with Gasteiger partial charge in [0.05, 0.1) is 23.7 Å². The van der Waals surface area contributed by atoms with Crippen LogP contribution in [0, 0.1) is 23.7 Å². The van der Waals surface area contributed by atoms with Crippen LogP contribution in [0.15, 0.2) is 30.3 Å². The second-order valence-corrected chi connectivity index (χ2v) is 16.3. The molecule has 282 valence electrons. The van der Waals surface area contributed by atoms with Gasteiger partial charge in [-0.25, -0.2) is 4.79 Å². The third kappa shape index (κ3) is 11.2. The Bertz CT molecular complexity index is 1350. The van der Waals surface area contributed by atoms with Gasteiger partial charge in [-0.2, -0.15) is 0 Å². The molecule has 8 atom stereocenters. The van der Waals surface area contributed by atoms with Crippen molar-refractivity contribution in [1.29, 1.82) is 0 Å². The van der Waals surface area contributed by atoms with E-state index in [0.29, 0.717) is 44.9 Å². The minimum Gasteiger partial charge on any atom is -0.461 e. The highest BCUT2D eigenvalue weighted by molar-refractivity contribution is 5.85. The number of amides is 4. The van der Waals surface area contributed by atoms with Gasteiger partial charge < -0.3 is 30.7 Å². The predicted octanol–water partition coefficient (Wildman–Crippen LogP) is 5.84. The normalized spacial score (nSPS) is 29.9. The maximum Gasteiger partial charge on any atom is 0.407 e. The monoisotopic (exact) mass is 708 g/mol. The van der Waals surface area contributed by atoms with Crippen LogP contribution in [-0.2, 0) is 35.3 Å². The van der Waals surface area contributed by atoms with E-state index in [-0.39, 0.29) is 66.3 Å². The van der Waals surface area contributed by atoms with Gasteiger partial charge in [0.15, 0.2) is 0 Å². The second-order valence-electron chi connectivity index (χ2n) is 16.3. The number of esters is 1. The van der Waals surface area contributed by atoms with Gasteiger partial charge in [0.25, 0.3) is 0 Å². The molecule has 1 aromatic rings. The molecule has 0 saturated heterocycles. The first-order chi connectivity index (χ1) is 24.5. The van der Waals surface area contributed by atoms with E-state index in [4.69, 9.17) is 9.47 Å². The van der Waals surface area contributed by atoms with Gasteiger partial charge in [0.2, 0.25) is 17.7 Å². The molecule has 4 N–H and O–H groups in total. The number of carbonyl (C=O) groups is 5. The SMILES string of the molecule is CC(C)(C)OC(=O)N[C@@H]1CCCC[C@H]1C(=O)N[C@@H]1CCCC[C@H]1C(=O)N[C@@H]1CCCC[C@H]1C(=O)N[C@@H]1CCCC[C@H]1C(=O)OCc1ccccc1. The van der Waals surface area contributed by atoms with E-state index < -0.39 is 23.5 Å². The summed E-state index contributed by atoms with van der Waals surface area (Å²) < 4.78 is 11.1. The number of hydrogen-bond donors (Lipinski definition) is 4. The van der Waals surface area contributed by atoms with Crippen molar-refractivity contribution in [1.82, 2.24) is 21.3 Å². The fourth-order valence-electron chi connectivity index (χ4n) is 8.60. The van der Waals surface area contributed by atoms with E-state index >= 15 is 0 Å². The third-order valence-corrected chi connectivity index (χ3v) is 11.3. The zero-order chi connectivity index (χ0) is 36.4. The van der Waals surface area contributed by atoms with E-state index in [2.05, 4.69) is 21.3 Å². The topological polar surface area (TPSA) is 152 Å². The molecule has 0 unspecified atom stereocenters. The zero-order valence-corrected chi connectivity index (χ0v) is 30.9. The first kappa shape index (κ1) is 38.6. The van der Waals surface area contributed by atoms with Crippen LogP contribution < -0.4 is 21.3 Å². The fourth-order valence-corrected chi connectivity index (χ4v) is 8.60. The van der Waals surface area contributed by atoms with Crippen LogP contribution in [0.1, 0.15) is 129 Å². The lowest BCUT2D eigenvalue weighted by Crippen LogP contribution is -2.57. The summed E-state index contributed by atoms with van der Waals surface area (Å²) in [6.07, 6.45) is 12.3. The summed E-state index contributed by atoms with van der Waals surface area (Å²) in [5.74, 6) is -2.18. The molecule has 0 spiro atoms. The van der Waals surface area contributed by atoms with E-state index in [0.717, 1.165) is 63.4 Å². The highest BCUT2D eigenvalue weighted by Gasteiger charge is 2.41. The predicted molar refractivity (Wildman–Crippen MR) is 193 cm³/mol. The van der Waals surface area contributed by atoms with Crippen LogP contribution in [0.5, 0.6) is 0 Å². The van der Waals surface area contributed by atoms with Crippen molar-refractivity contribution >= 4 is 29.8 Å². The Balaban J connectivity index is 1.17. The van der Waals surface area contributed by atoms with Crippen LogP contribution in [-0.4, -0.2) is 59.6 Å². The van der Waals surface area contributed by atoms with Crippen molar-refractivity contribution in [2.24, 2.45) is 23.7 Å². The molecule has 5 rings (SSSR count). The zero-order valence-electron chi connectivity index (χ0n) is 30.9. The average Bonchev–Trinajstić information content (AvgIpc) is 3.11. The molecular weight excluding hydrogens is 648 g/mol. The first-order valence-corrected chi connectivity index (χ1v) is 19.6. The van der Waals surface area contributed by atoms with E-state index in [1.54, 1.807) is 0 Å². The van der Waals surface area contributed by atoms with Gasteiger partial charge in [0.1, 0.15) is 12.2 Å². The Morgan fingerprint density at radius 2 is 0.922 bits per heavy atom. The lowest BCUT2D eigenvalue weighted by Gasteiger charge is -2.38. The number of hydrogen-bond acceptors (Lipinski definition) is 7. The lowest BCUT2D eigenvalue weighted by molar-refractivity contribution is -0.152. The van der Waals surface area contributed by atoms with Crippen LogP contribution in [0.2, 0.25) is 0 Å². The van der Waals surface area contributed by atoms with Crippen molar-refractivity contribution < 1.29 is 33.4 Å². The Labute approximate surface area is 303 Å². The summed E-state index contributed by atoms with van der Waals surface area (Å²) in [7, 11) is 0. The van der Waals surface area contributed by atoms with Gasteiger partial charge in [0, 0.05) is 24.2 Å². The molecule has 11 heteroatoms. The van der Waals surface area contributed by atoms with Crippen molar-refractivity contribution in [3.8, 4) is 0 Å². The minimum atomic E-state index is -0.633. The molecule has 1 aromatic carbocycles. The minimum absolute atomic E-state index is 0.109. The number of rotatable bonds is 10. The van der Waals surface area contributed by atoms with Crippen molar-refractivity contribution in [2.75, 3.05) is 0 Å². The van der Waals surface area contributed by atoms with Crippen LogP contribution in [0.4, 0.5) is 4.79 Å². The summed E-state index contributed by atoms with van der Waals surface area (Å²) in [5.41, 5.74) is 0.294. The van der Waals surface area contributed by atoms with Gasteiger partial charge in [-0.3, -0.25) is 19.2 Å². The number of nitrogens with one attached hydrogen (secondary N) is 4. The van der Waals surface area contributed by atoms with Crippen LogP contribution in [0.3, 0.4) is 0 Å². The van der Waals surface area contributed by atoms with Crippen molar-refractivity contribution in [3.63, 3.8) is 0 Å². The van der Waals surface area contributed by atoms with Crippen molar-refractivity contribution in [2.45, 2.75) is 160 Å². The molecule has 51 heavy (non-hydrogen) atoms. The molecule has 4 aliphatic carbocycles. The molecule has 0 heterocycles. The molecule has 4 aliphatic rings. The molecule has 4 saturated carbocycles. The number of ether oxygens (including phenoxy) is 2. The highest BCUT2D eigenvalue weighted by atomic mass is 16.6. The molecule has 0 radical (unpaired) electrons. The summed E-state index contributed by atoms with van der Waals surface area (Å²) >= 11 is 0. The summed E-state index contributed by atoms with van der Waals surface area (Å²) in [4.78, 5) is 67.2. The van der Waals surface area contributed by atoms with Gasteiger partial charge in [-0.1, -0.05) is 81.7 Å². The Morgan fingerprint density at radius 1 is 0.549 bits per heavy atom. The molecule has 4 amide bonds. The van der Waals surface area contributed by atoms with Gasteiger partial charge >= 0.3 is 12.1 Å². The Morgan fingerprint density at radius 3 is 1.35 bits per heavy atom.